The number of tetrazole rings is 1. The second kappa shape index (κ2) is 7.37. The Morgan fingerprint density at radius 3 is 2.70 bits per heavy atom. The Kier molecular flexibility index (Phi) is 5.23. The molecule has 0 aliphatic heterocycles. The third kappa shape index (κ3) is 4.46. The molecule has 0 unspecified atom stereocenters. The highest BCUT2D eigenvalue weighted by Gasteiger charge is 2.06. The molecule has 0 aliphatic carbocycles. The average molecular weight is 274 g/mol. The number of aryl methyl sites for hydroxylation is 3. The fraction of sp³-hybridized carbons (Fsp3) is 0.429. The molecule has 1 heterocycles. The summed E-state index contributed by atoms with van der Waals surface area (Å²) in [5, 5.41) is 20.2. The first kappa shape index (κ1) is 14.2. The molecule has 20 heavy (non-hydrogen) atoms. The van der Waals surface area contributed by atoms with Crippen LogP contribution >= 0.6 is 0 Å². The normalized spacial score (nSPS) is 10.6. The highest BCUT2D eigenvalue weighted by molar-refractivity contribution is 5.66. The van der Waals surface area contributed by atoms with E-state index >= 15 is 0 Å². The third-order valence-corrected chi connectivity index (χ3v) is 3.08. The minimum atomic E-state index is -0.788. The summed E-state index contributed by atoms with van der Waals surface area (Å²) in [6, 6.07) is 10.3. The van der Waals surface area contributed by atoms with Crippen molar-refractivity contribution in [1.82, 2.24) is 20.2 Å². The van der Waals surface area contributed by atoms with Crippen LogP contribution in [0.25, 0.3) is 0 Å². The van der Waals surface area contributed by atoms with E-state index in [4.69, 9.17) is 5.11 Å². The molecule has 0 amide bonds. The quantitative estimate of drug-likeness (QED) is 0.792. The molecule has 0 saturated carbocycles. The van der Waals surface area contributed by atoms with Crippen molar-refractivity contribution in [3.63, 3.8) is 0 Å². The van der Waals surface area contributed by atoms with Crippen LogP contribution in [0.15, 0.2) is 30.3 Å². The Hall–Kier alpha value is -2.24. The Labute approximate surface area is 117 Å². The molecule has 0 aliphatic rings. The van der Waals surface area contributed by atoms with Crippen LogP contribution in [0.4, 0.5) is 0 Å². The number of rotatable bonds is 8. The Morgan fingerprint density at radius 1 is 1.15 bits per heavy atom. The zero-order valence-corrected chi connectivity index (χ0v) is 11.3. The zero-order valence-electron chi connectivity index (χ0n) is 11.3. The fourth-order valence-electron chi connectivity index (χ4n) is 2.05. The highest BCUT2D eigenvalue weighted by atomic mass is 16.4. The summed E-state index contributed by atoms with van der Waals surface area (Å²) >= 11 is 0. The summed E-state index contributed by atoms with van der Waals surface area (Å²) in [4.78, 5) is 10.5. The van der Waals surface area contributed by atoms with Gasteiger partial charge in [-0.1, -0.05) is 30.3 Å². The van der Waals surface area contributed by atoms with E-state index in [0.29, 0.717) is 13.0 Å². The van der Waals surface area contributed by atoms with E-state index in [1.807, 2.05) is 18.2 Å². The summed E-state index contributed by atoms with van der Waals surface area (Å²) < 4.78 is 1.70. The van der Waals surface area contributed by atoms with Gasteiger partial charge in [0.25, 0.3) is 0 Å². The molecule has 6 nitrogen and oxygen atoms in total. The van der Waals surface area contributed by atoms with Crippen LogP contribution in [0.1, 0.15) is 30.7 Å². The van der Waals surface area contributed by atoms with Crippen LogP contribution in [0.5, 0.6) is 0 Å². The van der Waals surface area contributed by atoms with Gasteiger partial charge >= 0.3 is 5.97 Å². The van der Waals surface area contributed by atoms with Crippen LogP contribution in [-0.2, 0) is 24.2 Å². The standard InChI is InChI=1S/C14H18N4O2/c19-14(20)10-5-11-18-13(15-16-17-18)9-4-8-12-6-2-1-3-7-12/h1-3,6-7H,4-5,8-11H2,(H,19,20). The van der Waals surface area contributed by atoms with Crippen LogP contribution in [-0.4, -0.2) is 31.3 Å². The fourth-order valence-corrected chi connectivity index (χ4v) is 2.05. The van der Waals surface area contributed by atoms with Gasteiger partial charge in [-0.05, 0) is 35.3 Å². The molecule has 0 radical (unpaired) electrons. The van der Waals surface area contributed by atoms with E-state index in [9.17, 15) is 4.79 Å². The largest absolute Gasteiger partial charge is 0.481 e. The van der Waals surface area contributed by atoms with E-state index in [2.05, 4.69) is 27.7 Å². The van der Waals surface area contributed by atoms with Crippen LogP contribution in [0.2, 0.25) is 0 Å². The molecule has 1 aromatic carbocycles. The average Bonchev–Trinajstić information content (AvgIpc) is 2.87. The Balaban J connectivity index is 1.78. The number of hydrogen-bond donors (Lipinski definition) is 1. The van der Waals surface area contributed by atoms with Crippen LogP contribution in [0.3, 0.4) is 0 Å². The lowest BCUT2D eigenvalue weighted by atomic mass is 10.1. The van der Waals surface area contributed by atoms with Gasteiger partial charge < -0.3 is 5.11 Å². The number of carbonyl (C=O) groups is 1. The summed E-state index contributed by atoms with van der Waals surface area (Å²) in [5.41, 5.74) is 1.30. The van der Waals surface area contributed by atoms with E-state index < -0.39 is 5.97 Å². The molecule has 2 aromatic rings. The molecule has 0 spiro atoms. The van der Waals surface area contributed by atoms with Gasteiger partial charge in [-0.3, -0.25) is 4.79 Å². The molecule has 6 heteroatoms. The van der Waals surface area contributed by atoms with Gasteiger partial charge in [-0.15, -0.1) is 5.10 Å². The monoisotopic (exact) mass is 274 g/mol. The number of aromatic nitrogens is 4. The molecule has 0 fully saturated rings. The minimum absolute atomic E-state index is 0.142. The van der Waals surface area contributed by atoms with Crippen LogP contribution in [0, 0.1) is 0 Å². The third-order valence-electron chi connectivity index (χ3n) is 3.08. The number of aliphatic carboxylic acids is 1. The SMILES string of the molecule is O=C(O)CCCn1nnnc1CCCc1ccccc1. The van der Waals surface area contributed by atoms with Gasteiger partial charge in [-0.25, -0.2) is 4.68 Å². The van der Waals surface area contributed by atoms with Crippen molar-refractivity contribution in [3.8, 4) is 0 Å². The summed E-state index contributed by atoms with van der Waals surface area (Å²) in [6.45, 7) is 0.556. The molecule has 2 rings (SSSR count). The molecule has 1 N–H and O–H groups in total. The lowest BCUT2D eigenvalue weighted by Gasteiger charge is -2.04. The molecule has 0 bridgehead atoms. The summed E-state index contributed by atoms with van der Waals surface area (Å²) in [6.07, 6.45) is 3.45. The van der Waals surface area contributed by atoms with E-state index in [1.54, 1.807) is 4.68 Å². The Morgan fingerprint density at radius 2 is 1.95 bits per heavy atom. The molecule has 106 valence electrons. The van der Waals surface area contributed by atoms with E-state index in [-0.39, 0.29) is 6.42 Å². The highest BCUT2D eigenvalue weighted by Crippen LogP contribution is 2.06. The number of carboxylic acids is 1. The Bertz CT molecular complexity index is 539. The second-order valence-corrected chi connectivity index (χ2v) is 4.65. The smallest absolute Gasteiger partial charge is 0.303 e. The molecule has 0 saturated heterocycles. The first-order valence-electron chi connectivity index (χ1n) is 6.76. The number of nitrogens with zero attached hydrogens (tertiary/aromatic N) is 4. The van der Waals surface area contributed by atoms with Gasteiger partial charge in [0.1, 0.15) is 0 Å². The maximum absolute atomic E-state index is 10.5. The van der Waals surface area contributed by atoms with Crippen molar-refractivity contribution in [1.29, 1.82) is 0 Å². The predicted octanol–water partition coefficient (Wildman–Crippen LogP) is 1.71. The lowest BCUT2D eigenvalue weighted by Crippen LogP contribution is -2.08. The van der Waals surface area contributed by atoms with E-state index in [1.165, 1.54) is 5.56 Å². The van der Waals surface area contributed by atoms with Crippen molar-refractivity contribution in [3.05, 3.63) is 41.7 Å². The molecule has 1 aromatic heterocycles. The van der Waals surface area contributed by atoms with Crippen molar-refractivity contribution >= 4 is 5.97 Å². The topological polar surface area (TPSA) is 80.9 Å². The van der Waals surface area contributed by atoms with Crippen molar-refractivity contribution in [2.75, 3.05) is 0 Å². The van der Waals surface area contributed by atoms with Gasteiger partial charge in [-0.2, -0.15) is 0 Å². The molecular formula is C14H18N4O2. The minimum Gasteiger partial charge on any atom is -0.481 e. The maximum Gasteiger partial charge on any atom is 0.303 e. The van der Waals surface area contributed by atoms with Crippen LogP contribution < -0.4 is 0 Å². The second-order valence-electron chi connectivity index (χ2n) is 4.65. The molecule has 0 atom stereocenters. The number of benzene rings is 1. The summed E-state index contributed by atoms with van der Waals surface area (Å²) in [7, 11) is 0. The zero-order chi connectivity index (χ0) is 14.2. The maximum atomic E-state index is 10.5. The lowest BCUT2D eigenvalue weighted by molar-refractivity contribution is -0.137. The van der Waals surface area contributed by atoms with Crippen molar-refractivity contribution in [2.24, 2.45) is 0 Å². The number of hydrogen-bond acceptors (Lipinski definition) is 4. The first-order chi connectivity index (χ1) is 9.75. The van der Waals surface area contributed by atoms with Gasteiger partial charge in [0.05, 0.1) is 0 Å². The van der Waals surface area contributed by atoms with Crippen molar-refractivity contribution in [2.45, 2.75) is 38.6 Å². The van der Waals surface area contributed by atoms with Gasteiger partial charge in [0.15, 0.2) is 5.82 Å². The predicted molar refractivity (Wildman–Crippen MR) is 73.2 cm³/mol. The number of carboxylic acid groups (broad SMARTS) is 1. The molecular weight excluding hydrogens is 256 g/mol. The van der Waals surface area contributed by atoms with Crippen molar-refractivity contribution < 1.29 is 9.90 Å². The van der Waals surface area contributed by atoms with Gasteiger partial charge in [0.2, 0.25) is 0 Å². The van der Waals surface area contributed by atoms with Gasteiger partial charge in [0, 0.05) is 19.4 Å². The first-order valence-corrected chi connectivity index (χ1v) is 6.76. The summed E-state index contributed by atoms with van der Waals surface area (Å²) in [5.74, 6) is 0.0371. The van der Waals surface area contributed by atoms with E-state index in [0.717, 1.165) is 25.1 Å².